The number of alkyl halides is 2. The van der Waals surface area contributed by atoms with E-state index in [1.807, 2.05) is 48.5 Å². The maximum Gasteiger partial charge on any atom is 0.407 e. The predicted octanol–water partition coefficient (Wildman–Crippen LogP) is 4.02. The number of nitrogens with one attached hydrogen (secondary N) is 1. The van der Waals surface area contributed by atoms with Crippen molar-refractivity contribution in [2.45, 2.75) is 30.7 Å². The standard InChI is InChI=1S/C21H19F2NO4/c22-21(23)9-12(10-21)18(19(25)26)24-20(27)28-11-17-15-7-3-1-5-13(15)14-6-2-4-8-16(14)17/h1-8,12,17-18H,9-11H2,(H,24,27)(H,25,26)/t18-/m0/s1. The van der Waals surface area contributed by atoms with Gasteiger partial charge in [0, 0.05) is 24.7 Å². The summed E-state index contributed by atoms with van der Waals surface area (Å²) >= 11 is 0. The van der Waals surface area contributed by atoms with Gasteiger partial charge in [-0.1, -0.05) is 48.5 Å². The number of amides is 1. The number of alkyl carbamates (subject to hydrolysis) is 1. The van der Waals surface area contributed by atoms with E-state index in [0.29, 0.717) is 0 Å². The van der Waals surface area contributed by atoms with Crippen molar-refractivity contribution in [3.8, 4) is 11.1 Å². The molecule has 0 radical (unpaired) electrons. The number of aliphatic carboxylic acids is 1. The zero-order chi connectivity index (χ0) is 19.9. The van der Waals surface area contributed by atoms with Gasteiger partial charge in [0.25, 0.3) is 0 Å². The van der Waals surface area contributed by atoms with Gasteiger partial charge in [-0.15, -0.1) is 0 Å². The Morgan fingerprint density at radius 1 is 1.07 bits per heavy atom. The molecule has 0 bridgehead atoms. The van der Waals surface area contributed by atoms with Crippen LogP contribution in [0.25, 0.3) is 11.1 Å². The van der Waals surface area contributed by atoms with E-state index in [4.69, 9.17) is 4.74 Å². The van der Waals surface area contributed by atoms with E-state index >= 15 is 0 Å². The van der Waals surface area contributed by atoms with Crippen molar-refractivity contribution in [1.29, 1.82) is 0 Å². The first-order valence-corrected chi connectivity index (χ1v) is 9.08. The average molecular weight is 387 g/mol. The Labute approximate surface area is 160 Å². The van der Waals surface area contributed by atoms with Gasteiger partial charge in [-0.2, -0.15) is 0 Å². The van der Waals surface area contributed by atoms with E-state index in [-0.39, 0.29) is 12.5 Å². The van der Waals surface area contributed by atoms with Crippen molar-refractivity contribution in [3.63, 3.8) is 0 Å². The zero-order valence-corrected chi connectivity index (χ0v) is 14.9. The van der Waals surface area contributed by atoms with Gasteiger partial charge in [0.15, 0.2) is 0 Å². The summed E-state index contributed by atoms with van der Waals surface area (Å²) < 4.78 is 31.4. The van der Waals surface area contributed by atoms with Gasteiger partial charge < -0.3 is 15.2 Å². The molecule has 1 atom stereocenters. The first kappa shape index (κ1) is 18.4. The van der Waals surface area contributed by atoms with E-state index in [1.165, 1.54) is 0 Å². The Morgan fingerprint density at radius 2 is 1.61 bits per heavy atom. The molecule has 2 N–H and O–H groups in total. The Balaban J connectivity index is 1.43. The van der Waals surface area contributed by atoms with Crippen LogP contribution in [0.3, 0.4) is 0 Å². The molecule has 2 aliphatic rings. The van der Waals surface area contributed by atoms with Gasteiger partial charge in [0.1, 0.15) is 12.6 Å². The number of rotatable bonds is 5. The minimum absolute atomic E-state index is 0.0347. The minimum Gasteiger partial charge on any atom is -0.480 e. The summed E-state index contributed by atoms with van der Waals surface area (Å²) in [4.78, 5) is 23.5. The smallest absolute Gasteiger partial charge is 0.407 e. The first-order valence-electron chi connectivity index (χ1n) is 9.08. The summed E-state index contributed by atoms with van der Waals surface area (Å²) in [5.74, 6) is -5.15. The van der Waals surface area contributed by atoms with Gasteiger partial charge in [-0.25, -0.2) is 18.4 Å². The quantitative estimate of drug-likeness (QED) is 0.813. The summed E-state index contributed by atoms with van der Waals surface area (Å²) in [5, 5.41) is 11.5. The maximum absolute atomic E-state index is 13.0. The topological polar surface area (TPSA) is 75.6 Å². The molecule has 0 saturated heterocycles. The van der Waals surface area contributed by atoms with Crippen molar-refractivity contribution in [1.82, 2.24) is 5.32 Å². The molecule has 2 aromatic carbocycles. The predicted molar refractivity (Wildman–Crippen MR) is 97.3 cm³/mol. The van der Waals surface area contributed by atoms with E-state index in [9.17, 15) is 23.5 Å². The third-order valence-electron chi connectivity index (χ3n) is 5.48. The molecular formula is C21H19F2NO4. The lowest BCUT2D eigenvalue weighted by Crippen LogP contribution is -2.53. The molecule has 0 aromatic heterocycles. The lowest BCUT2D eigenvalue weighted by Gasteiger charge is -2.38. The zero-order valence-electron chi connectivity index (χ0n) is 14.9. The number of hydrogen-bond acceptors (Lipinski definition) is 3. The SMILES string of the molecule is O=C(N[C@H](C(=O)O)C1CC(F)(F)C1)OCC1c2ccccc2-c2ccccc21. The van der Waals surface area contributed by atoms with E-state index < -0.39 is 42.8 Å². The van der Waals surface area contributed by atoms with Gasteiger partial charge >= 0.3 is 12.1 Å². The Kier molecular flexibility index (Phi) is 4.53. The normalized spacial score (nSPS) is 18.5. The fraction of sp³-hybridized carbons (Fsp3) is 0.333. The van der Waals surface area contributed by atoms with Crippen LogP contribution in [0.15, 0.2) is 48.5 Å². The number of carbonyl (C=O) groups excluding carboxylic acids is 1. The first-order chi connectivity index (χ1) is 13.4. The van der Waals surface area contributed by atoms with Crippen LogP contribution >= 0.6 is 0 Å². The maximum atomic E-state index is 13.0. The van der Waals surface area contributed by atoms with Gasteiger partial charge in [-0.3, -0.25) is 0 Å². The molecule has 7 heteroatoms. The van der Waals surface area contributed by atoms with Crippen LogP contribution in [-0.4, -0.2) is 35.7 Å². The van der Waals surface area contributed by atoms with E-state index in [1.54, 1.807) is 0 Å². The number of carbonyl (C=O) groups is 2. The molecule has 0 unspecified atom stereocenters. The third kappa shape index (κ3) is 3.32. The lowest BCUT2D eigenvalue weighted by molar-refractivity contribution is -0.152. The molecule has 1 fully saturated rings. The Morgan fingerprint density at radius 3 is 2.11 bits per heavy atom. The molecule has 146 valence electrons. The molecule has 2 aliphatic carbocycles. The van der Waals surface area contributed by atoms with Gasteiger partial charge in [0.2, 0.25) is 5.92 Å². The van der Waals surface area contributed by atoms with E-state index in [2.05, 4.69) is 5.32 Å². The highest BCUT2D eigenvalue weighted by Gasteiger charge is 2.51. The van der Waals surface area contributed by atoms with Crippen LogP contribution in [0.5, 0.6) is 0 Å². The van der Waals surface area contributed by atoms with Crippen molar-refractivity contribution >= 4 is 12.1 Å². The molecule has 0 heterocycles. The van der Waals surface area contributed by atoms with Crippen LogP contribution in [0.1, 0.15) is 29.9 Å². The minimum atomic E-state index is -2.86. The van der Waals surface area contributed by atoms with Crippen LogP contribution in [0.2, 0.25) is 0 Å². The van der Waals surface area contributed by atoms with Crippen molar-refractivity contribution in [2.75, 3.05) is 6.61 Å². The number of carboxylic acids is 1. The summed E-state index contributed by atoms with van der Waals surface area (Å²) in [6.07, 6.45) is -2.01. The summed E-state index contributed by atoms with van der Waals surface area (Å²) in [5.41, 5.74) is 4.22. The van der Waals surface area contributed by atoms with Crippen molar-refractivity contribution in [3.05, 3.63) is 59.7 Å². The number of fused-ring (bicyclic) bond motifs is 3. The number of ether oxygens (including phenoxy) is 1. The second kappa shape index (κ2) is 6.89. The number of hydrogen-bond donors (Lipinski definition) is 2. The molecule has 0 spiro atoms. The number of carboxylic acid groups (broad SMARTS) is 1. The monoisotopic (exact) mass is 387 g/mol. The lowest BCUT2D eigenvalue weighted by atomic mass is 9.76. The largest absolute Gasteiger partial charge is 0.480 e. The summed E-state index contributed by atoms with van der Waals surface area (Å²) in [7, 11) is 0. The van der Waals surface area contributed by atoms with E-state index in [0.717, 1.165) is 22.3 Å². The molecule has 1 amide bonds. The molecular weight excluding hydrogens is 368 g/mol. The highest BCUT2D eigenvalue weighted by atomic mass is 19.3. The van der Waals surface area contributed by atoms with Crippen molar-refractivity contribution < 1.29 is 28.2 Å². The van der Waals surface area contributed by atoms with Crippen LogP contribution in [0, 0.1) is 5.92 Å². The number of benzene rings is 2. The van der Waals surface area contributed by atoms with Gasteiger partial charge in [0.05, 0.1) is 0 Å². The average Bonchev–Trinajstić information content (AvgIpc) is 2.96. The van der Waals surface area contributed by atoms with Crippen molar-refractivity contribution in [2.24, 2.45) is 5.92 Å². The highest BCUT2D eigenvalue weighted by Crippen LogP contribution is 2.45. The summed E-state index contributed by atoms with van der Waals surface area (Å²) in [6.45, 7) is 0.0347. The fourth-order valence-electron chi connectivity index (χ4n) is 4.09. The van der Waals surface area contributed by atoms with Crippen LogP contribution in [0.4, 0.5) is 13.6 Å². The van der Waals surface area contributed by atoms with Crippen LogP contribution in [-0.2, 0) is 9.53 Å². The van der Waals surface area contributed by atoms with Crippen LogP contribution < -0.4 is 5.32 Å². The van der Waals surface area contributed by atoms with Gasteiger partial charge in [-0.05, 0) is 22.3 Å². The molecule has 4 rings (SSSR count). The molecule has 1 saturated carbocycles. The molecule has 0 aliphatic heterocycles. The Hall–Kier alpha value is -2.96. The summed E-state index contributed by atoms with van der Waals surface area (Å²) in [6, 6.07) is 14.3. The highest BCUT2D eigenvalue weighted by molar-refractivity contribution is 5.81. The Bertz CT molecular complexity index is 877. The second-order valence-electron chi connectivity index (χ2n) is 7.31. The molecule has 5 nitrogen and oxygen atoms in total. The number of halogens is 2. The third-order valence-corrected chi connectivity index (χ3v) is 5.48. The molecule has 28 heavy (non-hydrogen) atoms. The molecule has 2 aromatic rings. The second-order valence-corrected chi connectivity index (χ2v) is 7.31. The fourth-order valence-corrected chi connectivity index (χ4v) is 4.09.